The van der Waals surface area contributed by atoms with E-state index in [1.54, 1.807) is 35.4 Å². The number of carbonyl (C=O) groups is 2. The minimum atomic E-state index is -0.334. The summed E-state index contributed by atoms with van der Waals surface area (Å²) in [6.45, 7) is 2.66. The van der Waals surface area contributed by atoms with Gasteiger partial charge in [0.1, 0.15) is 5.69 Å². The standard InChI is InChI=1S/C17H17N5O4/c23-10-21-5-7-22(8-6-21)17-18-4-3-13(20-17)16(24)19-12-1-2-14-15(9-12)26-11-25-14/h1-4,9-10H,5-8,11H2,(H,19,24). The maximum absolute atomic E-state index is 12.5. The molecule has 1 aromatic carbocycles. The van der Waals surface area contributed by atoms with Crippen molar-refractivity contribution in [3.05, 3.63) is 36.2 Å². The molecule has 3 heterocycles. The lowest BCUT2D eigenvalue weighted by Gasteiger charge is -2.32. The van der Waals surface area contributed by atoms with Crippen molar-refractivity contribution in [1.82, 2.24) is 14.9 Å². The number of hydrogen-bond donors (Lipinski definition) is 1. The van der Waals surface area contributed by atoms with Crippen LogP contribution in [-0.4, -0.2) is 60.2 Å². The Balaban J connectivity index is 1.46. The third-order valence-electron chi connectivity index (χ3n) is 4.25. The van der Waals surface area contributed by atoms with Gasteiger partial charge >= 0.3 is 0 Å². The molecule has 26 heavy (non-hydrogen) atoms. The Kier molecular flexibility index (Phi) is 4.26. The molecule has 1 saturated heterocycles. The molecule has 0 spiro atoms. The summed E-state index contributed by atoms with van der Waals surface area (Å²) in [5, 5.41) is 2.80. The van der Waals surface area contributed by atoms with Gasteiger partial charge in [0, 0.05) is 44.1 Å². The molecule has 1 aromatic heterocycles. The van der Waals surface area contributed by atoms with Gasteiger partial charge < -0.3 is 24.6 Å². The highest BCUT2D eigenvalue weighted by atomic mass is 16.7. The van der Waals surface area contributed by atoms with Crippen molar-refractivity contribution in [3.63, 3.8) is 0 Å². The van der Waals surface area contributed by atoms with Crippen molar-refractivity contribution in [1.29, 1.82) is 0 Å². The topological polar surface area (TPSA) is 96.9 Å². The van der Waals surface area contributed by atoms with Crippen molar-refractivity contribution in [2.45, 2.75) is 0 Å². The van der Waals surface area contributed by atoms with Gasteiger partial charge in [-0.05, 0) is 18.2 Å². The van der Waals surface area contributed by atoms with E-state index >= 15 is 0 Å². The lowest BCUT2D eigenvalue weighted by molar-refractivity contribution is -0.118. The number of ether oxygens (including phenoxy) is 2. The third kappa shape index (κ3) is 3.23. The Labute approximate surface area is 149 Å². The number of rotatable bonds is 4. The van der Waals surface area contributed by atoms with Gasteiger partial charge in [0.05, 0.1) is 0 Å². The molecule has 0 unspecified atom stereocenters. The molecule has 2 amide bonds. The summed E-state index contributed by atoms with van der Waals surface area (Å²) in [6.07, 6.45) is 2.40. The van der Waals surface area contributed by atoms with Gasteiger partial charge in [-0.15, -0.1) is 0 Å². The SMILES string of the molecule is O=CN1CCN(c2nccc(C(=O)Nc3ccc4c(c3)OCO4)n2)CC1. The molecule has 0 aliphatic carbocycles. The normalized spacial score (nSPS) is 15.7. The zero-order valence-corrected chi connectivity index (χ0v) is 13.9. The van der Waals surface area contributed by atoms with Gasteiger partial charge in [-0.25, -0.2) is 9.97 Å². The molecule has 134 valence electrons. The van der Waals surface area contributed by atoms with Crippen LogP contribution in [0.1, 0.15) is 10.5 Å². The summed E-state index contributed by atoms with van der Waals surface area (Å²) in [7, 11) is 0. The van der Waals surface area contributed by atoms with E-state index in [-0.39, 0.29) is 18.4 Å². The lowest BCUT2D eigenvalue weighted by atomic mass is 10.2. The van der Waals surface area contributed by atoms with E-state index < -0.39 is 0 Å². The van der Waals surface area contributed by atoms with Gasteiger partial charge in [-0.2, -0.15) is 0 Å². The smallest absolute Gasteiger partial charge is 0.274 e. The summed E-state index contributed by atoms with van der Waals surface area (Å²) in [5.41, 5.74) is 0.865. The predicted octanol–water partition coefficient (Wildman–Crippen LogP) is 0.736. The number of piperazine rings is 1. The predicted molar refractivity (Wildman–Crippen MR) is 92.4 cm³/mol. The van der Waals surface area contributed by atoms with Crippen LogP contribution in [0.3, 0.4) is 0 Å². The fourth-order valence-corrected chi connectivity index (χ4v) is 2.82. The quantitative estimate of drug-likeness (QED) is 0.808. The van der Waals surface area contributed by atoms with Crippen LogP contribution in [0.25, 0.3) is 0 Å². The molecule has 9 heteroatoms. The van der Waals surface area contributed by atoms with Crippen molar-refractivity contribution >= 4 is 24.0 Å². The van der Waals surface area contributed by atoms with Crippen molar-refractivity contribution < 1.29 is 19.1 Å². The molecule has 0 atom stereocenters. The zero-order valence-electron chi connectivity index (χ0n) is 13.9. The summed E-state index contributed by atoms with van der Waals surface area (Å²) in [6, 6.07) is 6.76. The average molecular weight is 355 g/mol. The Morgan fingerprint density at radius 1 is 1.12 bits per heavy atom. The molecular formula is C17H17N5O4. The van der Waals surface area contributed by atoms with Crippen molar-refractivity contribution in [3.8, 4) is 11.5 Å². The van der Waals surface area contributed by atoms with Gasteiger partial charge in [0.25, 0.3) is 5.91 Å². The van der Waals surface area contributed by atoms with Gasteiger partial charge in [0.2, 0.25) is 19.2 Å². The highest BCUT2D eigenvalue weighted by Crippen LogP contribution is 2.34. The molecule has 2 aliphatic heterocycles. The second kappa shape index (κ2) is 6.87. The Morgan fingerprint density at radius 2 is 1.92 bits per heavy atom. The first-order valence-electron chi connectivity index (χ1n) is 8.21. The maximum atomic E-state index is 12.5. The largest absolute Gasteiger partial charge is 0.454 e. The number of nitrogens with zero attached hydrogens (tertiary/aromatic N) is 4. The highest BCUT2D eigenvalue weighted by Gasteiger charge is 2.20. The Bertz CT molecular complexity index is 836. The first-order valence-corrected chi connectivity index (χ1v) is 8.21. The number of anilines is 2. The summed E-state index contributed by atoms with van der Waals surface area (Å²) in [4.78, 5) is 35.6. The van der Waals surface area contributed by atoms with E-state index in [0.717, 1.165) is 6.41 Å². The number of aromatic nitrogens is 2. The van der Waals surface area contributed by atoms with Gasteiger partial charge in [-0.1, -0.05) is 0 Å². The van der Waals surface area contributed by atoms with E-state index in [9.17, 15) is 9.59 Å². The maximum Gasteiger partial charge on any atom is 0.274 e. The fraction of sp³-hybridized carbons (Fsp3) is 0.294. The summed E-state index contributed by atoms with van der Waals surface area (Å²) < 4.78 is 10.6. The molecule has 0 bridgehead atoms. The van der Waals surface area contributed by atoms with Crippen LogP contribution in [0.2, 0.25) is 0 Å². The molecular weight excluding hydrogens is 338 g/mol. The van der Waals surface area contributed by atoms with Crippen LogP contribution in [0.4, 0.5) is 11.6 Å². The van der Waals surface area contributed by atoms with E-state index in [0.29, 0.717) is 49.3 Å². The van der Waals surface area contributed by atoms with Gasteiger partial charge in [0.15, 0.2) is 11.5 Å². The average Bonchev–Trinajstić information content (AvgIpc) is 3.16. The molecule has 1 fully saturated rings. The van der Waals surface area contributed by atoms with Crippen LogP contribution in [0.5, 0.6) is 11.5 Å². The first kappa shape index (κ1) is 16.1. The number of nitrogens with one attached hydrogen (secondary N) is 1. The Hall–Kier alpha value is -3.36. The number of carbonyl (C=O) groups excluding carboxylic acids is 2. The van der Waals surface area contributed by atoms with Crippen LogP contribution in [-0.2, 0) is 4.79 Å². The summed E-state index contributed by atoms with van der Waals surface area (Å²) in [5.74, 6) is 1.40. The highest BCUT2D eigenvalue weighted by molar-refractivity contribution is 6.03. The van der Waals surface area contributed by atoms with Crippen LogP contribution >= 0.6 is 0 Å². The minimum absolute atomic E-state index is 0.180. The van der Waals surface area contributed by atoms with Crippen LogP contribution in [0.15, 0.2) is 30.5 Å². The monoisotopic (exact) mass is 355 g/mol. The van der Waals surface area contributed by atoms with Crippen molar-refractivity contribution in [2.75, 3.05) is 43.2 Å². The van der Waals surface area contributed by atoms with E-state index in [1.807, 2.05) is 4.90 Å². The summed E-state index contributed by atoms with van der Waals surface area (Å²) >= 11 is 0. The molecule has 1 N–H and O–H groups in total. The minimum Gasteiger partial charge on any atom is -0.454 e. The Morgan fingerprint density at radius 3 is 2.73 bits per heavy atom. The molecule has 2 aliphatic rings. The van der Waals surface area contributed by atoms with E-state index in [1.165, 1.54) is 0 Å². The number of fused-ring (bicyclic) bond motifs is 1. The zero-order chi connectivity index (χ0) is 17.9. The van der Waals surface area contributed by atoms with Gasteiger partial charge in [-0.3, -0.25) is 9.59 Å². The molecule has 0 saturated carbocycles. The lowest BCUT2D eigenvalue weighted by Crippen LogP contribution is -2.46. The molecule has 4 rings (SSSR count). The second-order valence-electron chi connectivity index (χ2n) is 5.89. The first-order chi connectivity index (χ1) is 12.7. The number of hydrogen-bond acceptors (Lipinski definition) is 7. The number of amides is 2. The van der Waals surface area contributed by atoms with E-state index in [4.69, 9.17) is 9.47 Å². The van der Waals surface area contributed by atoms with Crippen LogP contribution in [0, 0.1) is 0 Å². The van der Waals surface area contributed by atoms with E-state index in [2.05, 4.69) is 15.3 Å². The molecule has 9 nitrogen and oxygen atoms in total. The molecule has 2 aromatic rings. The molecule has 0 radical (unpaired) electrons. The number of benzene rings is 1. The fourth-order valence-electron chi connectivity index (χ4n) is 2.82. The van der Waals surface area contributed by atoms with Crippen LogP contribution < -0.4 is 19.7 Å². The second-order valence-corrected chi connectivity index (χ2v) is 5.89. The van der Waals surface area contributed by atoms with Crippen molar-refractivity contribution in [2.24, 2.45) is 0 Å². The third-order valence-corrected chi connectivity index (χ3v) is 4.25.